The van der Waals surface area contributed by atoms with Crippen LogP contribution < -0.4 is 24.6 Å². The normalized spacial score (nSPS) is 17.8. The second-order valence-corrected chi connectivity index (χ2v) is 18.1. The van der Waals surface area contributed by atoms with Crippen LogP contribution in [0.2, 0.25) is 20.1 Å². The zero-order valence-corrected chi connectivity index (χ0v) is 41.8. The summed E-state index contributed by atoms with van der Waals surface area (Å²) in [5.74, 6) is 0.433. The number of nitrogens with zero attached hydrogens (tertiary/aromatic N) is 9. The third-order valence-electron chi connectivity index (χ3n) is 11.7. The quantitative estimate of drug-likeness (QED) is 0.134. The highest BCUT2D eigenvalue weighted by atomic mass is 35.5. The van der Waals surface area contributed by atoms with Crippen molar-refractivity contribution in [3.05, 3.63) is 117 Å². The van der Waals surface area contributed by atoms with Crippen LogP contribution in [0.4, 0.5) is 11.4 Å². The summed E-state index contributed by atoms with van der Waals surface area (Å²) in [6.07, 6.45) is 3.33. The number of carbonyl (C=O) groups excluding carboxylic acids is 1. The number of anilines is 2. The van der Waals surface area contributed by atoms with Gasteiger partial charge in [-0.15, -0.1) is 0 Å². The van der Waals surface area contributed by atoms with Crippen LogP contribution in [0.15, 0.2) is 85.2 Å². The third-order valence-corrected chi connectivity index (χ3v) is 13.2. The van der Waals surface area contributed by atoms with E-state index in [0.717, 1.165) is 30.2 Å². The molecule has 0 aliphatic carbocycles. The van der Waals surface area contributed by atoms with E-state index in [0.29, 0.717) is 79.5 Å². The fourth-order valence-electron chi connectivity index (χ4n) is 7.91. The number of carboxylic acid groups (broad SMARTS) is 1. The molecule has 2 aromatic carbocycles. The van der Waals surface area contributed by atoms with Crippen molar-refractivity contribution in [3.8, 4) is 34.3 Å². The maximum Gasteiger partial charge on any atom is 0.325 e. The van der Waals surface area contributed by atoms with E-state index in [1.165, 1.54) is 10.4 Å². The molecule has 8 rings (SSSR count). The Bertz CT molecular complexity index is 2630. The number of ether oxygens (including phenoxy) is 2. The molecule has 19 heteroatoms. The summed E-state index contributed by atoms with van der Waals surface area (Å²) in [6.45, 7) is 15.4. The molecule has 364 valence electrons. The van der Waals surface area contributed by atoms with Gasteiger partial charge >= 0.3 is 5.97 Å². The summed E-state index contributed by atoms with van der Waals surface area (Å²) < 4.78 is 13.7. The zero-order chi connectivity index (χ0) is 48.5. The van der Waals surface area contributed by atoms with E-state index in [4.69, 9.17) is 61.0 Å². The summed E-state index contributed by atoms with van der Waals surface area (Å²) >= 11 is 24.9. The van der Waals surface area contributed by atoms with Crippen LogP contribution in [-0.4, -0.2) is 116 Å². The maximum absolute atomic E-state index is 13.3. The van der Waals surface area contributed by atoms with Crippen molar-refractivity contribution in [2.75, 3.05) is 50.2 Å². The van der Waals surface area contributed by atoms with Crippen LogP contribution in [0, 0.1) is 13.8 Å². The van der Waals surface area contributed by atoms with Gasteiger partial charge in [-0.25, -0.2) is 0 Å². The molecule has 15 nitrogen and oxygen atoms in total. The summed E-state index contributed by atoms with van der Waals surface area (Å²) in [5.41, 5.74) is 5.98. The number of rotatable bonds is 10. The Morgan fingerprint density at radius 3 is 1.62 bits per heavy atom. The first kappa shape index (κ1) is 53.4. The van der Waals surface area contributed by atoms with Gasteiger partial charge in [-0.2, -0.15) is 10.2 Å². The number of halogens is 4. The lowest BCUT2D eigenvalue weighted by Crippen LogP contribution is -2.58. The van der Waals surface area contributed by atoms with Crippen molar-refractivity contribution in [1.29, 1.82) is 0 Å². The van der Waals surface area contributed by atoms with E-state index >= 15 is 0 Å². The number of hydrogen-bond acceptors (Lipinski definition) is 11. The molecule has 0 saturated carbocycles. The molecule has 6 aromatic rings. The number of carboxylic acids is 1. The molecule has 2 saturated heterocycles. The number of methoxy groups -OCH3 is 2. The molecule has 2 aliphatic rings. The Morgan fingerprint density at radius 1 is 0.676 bits per heavy atom. The van der Waals surface area contributed by atoms with Crippen molar-refractivity contribution in [3.63, 3.8) is 0 Å². The number of hydrogen-bond donors (Lipinski definition) is 2. The lowest BCUT2D eigenvalue weighted by atomic mass is 10.1. The SMILES string of the molecule is C.COc1cc(N2C[C@H](C)N(C(=O)Cn3nc(-c4ccccn4)c(Cl)c3C)C[C@H]2C)ccc1Cl.COc1cc(N2C[C@H](C)NC[C@H]2C)ccc1Cl.Cc1c(Cl)c(-c2ccccn2)nn1CC(=O)O. The fraction of sp³-hybridized carbons (Fsp3) is 0.388. The number of benzene rings is 2. The predicted octanol–water partition coefficient (Wildman–Crippen LogP) is 9.86. The molecule has 4 atom stereocenters. The van der Waals surface area contributed by atoms with E-state index in [9.17, 15) is 9.59 Å². The molecular formula is C49H60Cl4N10O5. The summed E-state index contributed by atoms with van der Waals surface area (Å²) in [4.78, 5) is 39.0. The van der Waals surface area contributed by atoms with Gasteiger partial charge in [0.1, 0.15) is 36.0 Å². The molecule has 6 heterocycles. The number of piperazine rings is 2. The lowest BCUT2D eigenvalue weighted by Gasteiger charge is -2.45. The second-order valence-electron chi connectivity index (χ2n) is 16.5. The highest BCUT2D eigenvalue weighted by Crippen LogP contribution is 2.34. The number of aromatic nitrogens is 6. The Kier molecular flexibility index (Phi) is 18.9. The topological polar surface area (TPSA) is 156 Å². The average molecular weight is 1010 g/mol. The molecule has 1 amide bonds. The third kappa shape index (κ3) is 12.7. The van der Waals surface area contributed by atoms with Crippen molar-refractivity contribution < 1.29 is 24.2 Å². The van der Waals surface area contributed by atoms with Crippen LogP contribution in [0.1, 0.15) is 46.5 Å². The Labute approximate surface area is 418 Å². The molecule has 0 unspecified atom stereocenters. The smallest absolute Gasteiger partial charge is 0.325 e. The molecule has 68 heavy (non-hydrogen) atoms. The second kappa shape index (κ2) is 24.1. The minimum Gasteiger partial charge on any atom is -0.495 e. The first-order chi connectivity index (χ1) is 32.0. The van der Waals surface area contributed by atoms with Gasteiger partial charge in [0.25, 0.3) is 0 Å². The number of nitrogens with one attached hydrogen (secondary N) is 1. The van der Waals surface area contributed by atoms with Crippen LogP contribution in [0.5, 0.6) is 11.5 Å². The van der Waals surface area contributed by atoms with E-state index in [2.05, 4.69) is 69.0 Å². The monoisotopic (exact) mass is 1010 g/mol. The first-order valence-corrected chi connectivity index (χ1v) is 23.3. The summed E-state index contributed by atoms with van der Waals surface area (Å²) in [6, 6.07) is 23.8. The fourth-order valence-corrected chi connectivity index (χ4v) is 8.76. The minimum atomic E-state index is -0.958. The molecule has 2 fully saturated rings. The van der Waals surface area contributed by atoms with E-state index < -0.39 is 5.97 Å². The summed E-state index contributed by atoms with van der Waals surface area (Å²) in [5, 5.41) is 23.2. The Hall–Kier alpha value is -5.58. The van der Waals surface area contributed by atoms with Crippen molar-refractivity contribution in [2.45, 2.75) is 86.2 Å². The van der Waals surface area contributed by atoms with Crippen molar-refractivity contribution in [1.82, 2.24) is 39.7 Å². The molecule has 4 aromatic heterocycles. The van der Waals surface area contributed by atoms with Crippen LogP contribution >= 0.6 is 46.4 Å². The standard InChI is InChI=1S/C24H27Cl2N5O2.C13H19ClN2O.C11H10ClN3O2.CH4/c1-15-13-30(16(2)12-29(15)18-8-9-19(25)21(11-18)33-4)22(32)14-31-17(3)23(26)24(28-31)20-7-5-6-10-27-20;1-9-8-16(10(2)7-15-9)11-4-5-12(14)13(6-11)17-3;1-7-10(12)11(8-4-2-3-5-13-8)14-15(7)6-9(16)17;/h5-11,15-16H,12-14H2,1-4H3;4-6,9-10,15H,7-8H2,1-3H3;2-5H,6H2,1H3,(H,16,17);1H4/t15-,16+;9-,10+;;/m10../s1. The van der Waals surface area contributed by atoms with E-state index in [1.807, 2.05) is 66.4 Å². The van der Waals surface area contributed by atoms with E-state index in [-0.39, 0.29) is 38.5 Å². The largest absolute Gasteiger partial charge is 0.495 e. The minimum absolute atomic E-state index is 0. The van der Waals surface area contributed by atoms with E-state index in [1.54, 1.807) is 50.4 Å². The highest BCUT2D eigenvalue weighted by molar-refractivity contribution is 6.34. The number of pyridine rings is 2. The van der Waals surface area contributed by atoms with Gasteiger partial charge in [-0.05, 0) is 90.1 Å². The maximum atomic E-state index is 13.3. The van der Waals surface area contributed by atoms with Gasteiger partial charge in [0.15, 0.2) is 0 Å². The average Bonchev–Trinajstić information content (AvgIpc) is 3.76. The highest BCUT2D eigenvalue weighted by Gasteiger charge is 2.33. The molecule has 0 bridgehead atoms. The number of aliphatic carboxylic acids is 1. The molecule has 2 N–H and O–H groups in total. The van der Waals surface area contributed by atoms with Crippen molar-refractivity contribution in [2.24, 2.45) is 0 Å². The van der Waals surface area contributed by atoms with Gasteiger partial charge in [-0.1, -0.05) is 66.0 Å². The summed E-state index contributed by atoms with van der Waals surface area (Å²) in [7, 11) is 3.26. The van der Waals surface area contributed by atoms with Crippen LogP contribution in [0.3, 0.4) is 0 Å². The zero-order valence-electron chi connectivity index (χ0n) is 38.8. The molecule has 2 aliphatic heterocycles. The van der Waals surface area contributed by atoms with Crippen LogP contribution in [0.25, 0.3) is 22.8 Å². The molecular weight excluding hydrogens is 950 g/mol. The van der Waals surface area contributed by atoms with Gasteiger partial charge in [0.05, 0.1) is 57.1 Å². The Morgan fingerprint density at radius 2 is 1.16 bits per heavy atom. The van der Waals surface area contributed by atoms with Crippen LogP contribution in [-0.2, 0) is 22.7 Å². The van der Waals surface area contributed by atoms with Gasteiger partial charge in [-0.3, -0.25) is 28.9 Å². The lowest BCUT2D eigenvalue weighted by molar-refractivity contribution is -0.138. The number of amides is 1. The van der Waals surface area contributed by atoms with Gasteiger partial charge in [0.2, 0.25) is 5.91 Å². The van der Waals surface area contributed by atoms with Gasteiger partial charge < -0.3 is 34.6 Å². The van der Waals surface area contributed by atoms with Crippen molar-refractivity contribution >= 4 is 69.7 Å². The van der Waals surface area contributed by atoms with Gasteiger partial charge in [0, 0.05) is 86.2 Å². The molecule has 0 radical (unpaired) electrons. The Balaban J connectivity index is 0.000000208. The predicted molar refractivity (Wildman–Crippen MR) is 273 cm³/mol. The number of carbonyl (C=O) groups is 2. The molecule has 0 spiro atoms. The first-order valence-electron chi connectivity index (χ1n) is 21.7.